The van der Waals surface area contributed by atoms with Gasteiger partial charge in [0.2, 0.25) is 0 Å². The minimum Gasteiger partial charge on any atom is -0.0728 e. The van der Waals surface area contributed by atoms with Gasteiger partial charge in [0.05, 0.1) is 0 Å². The quantitative estimate of drug-likeness (QED) is 0.330. The van der Waals surface area contributed by atoms with Crippen LogP contribution in [0.4, 0.5) is 0 Å². The molecule has 2 aliphatic carbocycles. The molecule has 0 unspecified atom stereocenters. The van der Waals surface area contributed by atoms with E-state index in [9.17, 15) is 0 Å². The Bertz CT molecular complexity index is 1320. The van der Waals surface area contributed by atoms with E-state index in [4.69, 9.17) is 0 Å². The van der Waals surface area contributed by atoms with Crippen molar-refractivity contribution in [3.8, 4) is 0 Å². The maximum absolute atomic E-state index is 2.36. The molecule has 0 aliphatic heterocycles. The van der Waals surface area contributed by atoms with Crippen molar-refractivity contribution < 1.29 is 0 Å². The summed E-state index contributed by atoms with van der Waals surface area (Å²) < 4.78 is 0. The van der Waals surface area contributed by atoms with Gasteiger partial charge in [0.1, 0.15) is 0 Å². The first-order valence-electron chi connectivity index (χ1n) is 8.19. The molecule has 0 aromatic heterocycles. The molecule has 0 heteroatoms. The summed E-state index contributed by atoms with van der Waals surface area (Å²) in [5.74, 6) is 0. The van der Waals surface area contributed by atoms with E-state index in [1.165, 1.54) is 53.9 Å². The third-order valence-corrected chi connectivity index (χ3v) is 5.32. The average molecular weight is 290 g/mol. The molecule has 0 radical (unpaired) electrons. The van der Waals surface area contributed by atoms with Crippen LogP contribution in [0.5, 0.6) is 0 Å². The Morgan fingerprint density at radius 2 is 1.52 bits per heavy atom. The molecule has 0 nitrogen and oxygen atoms in total. The van der Waals surface area contributed by atoms with Gasteiger partial charge in [-0.1, -0.05) is 48.6 Å². The number of hydrogen-bond acceptors (Lipinski definition) is 0. The van der Waals surface area contributed by atoms with Gasteiger partial charge in [0.15, 0.2) is 0 Å². The van der Waals surface area contributed by atoms with Crippen molar-refractivity contribution in [2.75, 3.05) is 0 Å². The van der Waals surface area contributed by atoms with Crippen LogP contribution in [0.25, 0.3) is 50.0 Å². The predicted molar refractivity (Wildman–Crippen MR) is 99.7 cm³/mol. The van der Waals surface area contributed by atoms with Gasteiger partial charge in [-0.3, -0.25) is 0 Å². The van der Waals surface area contributed by atoms with Crippen molar-refractivity contribution >= 4 is 50.0 Å². The standard InChI is InChI=1S/C23H14/c1-2-5-16-13-21-18(10-15(16)4-1)12-19-11-17-7-3-6-14-8-9-20(21)23(19)22(14)17/h1-2,4-13H,3H2. The molecule has 0 fully saturated rings. The molecule has 2 aliphatic rings. The summed E-state index contributed by atoms with van der Waals surface area (Å²) in [6.45, 7) is 0. The largest absolute Gasteiger partial charge is 0.0728 e. The van der Waals surface area contributed by atoms with E-state index in [0.717, 1.165) is 6.42 Å². The lowest BCUT2D eigenvalue weighted by molar-refractivity contribution is 1.42. The molecule has 4 aromatic carbocycles. The highest BCUT2D eigenvalue weighted by Gasteiger charge is 2.17. The number of allylic oxidation sites excluding steroid dienone is 2. The smallest absolute Gasteiger partial charge is 0.00204 e. The van der Waals surface area contributed by atoms with Gasteiger partial charge >= 0.3 is 0 Å². The van der Waals surface area contributed by atoms with Crippen LogP contribution in [-0.2, 0) is 0 Å². The molecular weight excluding hydrogens is 276 g/mol. The second-order valence-corrected chi connectivity index (χ2v) is 6.58. The van der Waals surface area contributed by atoms with Crippen molar-refractivity contribution in [1.82, 2.24) is 0 Å². The molecule has 0 spiro atoms. The lowest BCUT2D eigenvalue weighted by Gasteiger charge is -2.11. The van der Waals surface area contributed by atoms with E-state index in [2.05, 4.69) is 72.8 Å². The third kappa shape index (κ3) is 1.41. The zero-order valence-electron chi connectivity index (χ0n) is 12.6. The highest BCUT2D eigenvalue weighted by atomic mass is 14.2. The fourth-order valence-corrected chi connectivity index (χ4v) is 4.30. The summed E-state index contributed by atoms with van der Waals surface area (Å²) in [6.07, 6.45) is 8.10. The van der Waals surface area contributed by atoms with E-state index < -0.39 is 0 Å². The second kappa shape index (κ2) is 3.91. The topological polar surface area (TPSA) is 0 Å². The molecule has 0 N–H and O–H groups in total. The minimum atomic E-state index is 1.04. The Kier molecular flexibility index (Phi) is 1.98. The maximum Gasteiger partial charge on any atom is -0.00204 e. The average Bonchev–Trinajstić information content (AvgIpc) is 2.96. The third-order valence-electron chi connectivity index (χ3n) is 5.32. The molecule has 0 heterocycles. The lowest BCUT2D eigenvalue weighted by atomic mass is 9.93. The van der Waals surface area contributed by atoms with Crippen molar-refractivity contribution in [2.24, 2.45) is 0 Å². The fraction of sp³-hybridized carbons (Fsp3) is 0.0435. The van der Waals surface area contributed by atoms with E-state index in [0.29, 0.717) is 0 Å². The Balaban J connectivity index is 1.94. The first-order chi connectivity index (χ1) is 11.4. The maximum atomic E-state index is 2.36. The summed E-state index contributed by atoms with van der Waals surface area (Å²) in [5.41, 5.74) is 2.85. The molecule has 0 bridgehead atoms. The van der Waals surface area contributed by atoms with Gasteiger partial charge in [-0.15, -0.1) is 0 Å². The molecule has 0 amide bonds. The fourth-order valence-electron chi connectivity index (χ4n) is 4.30. The minimum absolute atomic E-state index is 1.04. The van der Waals surface area contributed by atoms with Gasteiger partial charge < -0.3 is 0 Å². The number of rotatable bonds is 0. The van der Waals surface area contributed by atoms with Crippen molar-refractivity contribution in [1.29, 1.82) is 0 Å². The lowest BCUT2D eigenvalue weighted by Crippen LogP contribution is -2.10. The summed E-state index contributed by atoms with van der Waals surface area (Å²) >= 11 is 0. The monoisotopic (exact) mass is 290 g/mol. The molecule has 6 rings (SSSR count). The van der Waals surface area contributed by atoms with Crippen LogP contribution in [0.15, 0.2) is 60.7 Å². The zero-order valence-corrected chi connectivity index (χ0v) is 12.6. The predicted octanol–water partition coefficient (Wildman–Crippen LogP) is 4.51. The van der Waals surface area contributed by atoms with Gasteiger partial charge in [-0.25, -0.2) is 0 Å². The molecule has 0 saturated heterocycles. The first kappa shape index (κ1) is 11.7. The Morgan fingerprint density at radius 3 is 2.43 bits per heavy atom. The van der Waals surface area contributed by atoms with Gasteiger partial charge in [0, 0.05) is 0 Å². The summed E-state index contributed by atoms with van der Waals surface area (Å²) in [5, 5.41) is 10.9. The summed E-state index contributed by atoms with van der Waals surface area (Å²) in [7, 11) is 0. The summed E-state index contributed by atoms with van der Waals surface area (Å²) in [6, 6.07) is 20.3. The zero-order chi connectivity index (χ0) is 15.0. The van der Waals surface area contributed by atoms with Gasteiger partial charge in [0.25, 0.3) is 0 Å². The van der Waals surface area contributed by atoms with E-state index >= 15 is 0 Å². The van der Waals surface area contributed by atoms with Crippen LogP contribution in [0.3, 0.4) is 0 Å². The van der Waals surface area contributed by atoms with Crippen LogP contribution in [-0.4, -0.2) is 0 Å². The van der Waals surface area contributed by atoms with Crippen LogP contribution in [0, 0.1) is 0 Å². The van der Waals surface area contributed by atoms with Crippen molar-refractivity contribution in [3.05, 3.63) is 76.7 Å². The Morgan fingerprint density at radius 1 is 0.652 bits per heavy atom. The molecular formula is C23H14. The van der Waals surface area contributed by atoms with E-state index in [1.54, 1.807) is 0 Å². The van der Waals surface area contributed by atoms with Gasteiger partial charge in [-0.2, -0.15) is 0 Å². The van der Waals surface area contributed by atoms with Crippen molar-refractivity contribution in [3.63, 3.8) is 0 Å². The van der Waals surface area contributed by atoms with E-state index in [1.807, 2.05) is 0 Å². The van der Waals surface area contributed by atoms with Gasteiger partial charge in [-0.05, 0) is 84.6 Å². The van der Waals surface area contributed by atoms with Crippen LogP contribution >= 0.6 is 0 Å². The van der Waals surface area contributed by atoms with Crippen LogP contribution in [0.1, 0.15) is 12.0 Å². The SMILES string of the molecule is C1=C2C=c3cc4cc5ccccc5cc4c4ccc(c2c34)=CC1. The molecule has 23 heavy (non-hydrogen) atoms. The second-order valence-electron chi connectivity index (χ2n) is 6.58. The molecule has 4 aromatic rings. The van der Waals surface area contributed by atoms with E-state index in [-0.39, 0.29) is 0 Å². The number of hydrogen-bond donors (Lipinski definition) is 0. The number of fused-ring (bicyclic) bond motifs is 3. The Labute approximate surface area is 133 Å². The molecule has 0 atom stereocenters. The normalized spacial score (nSPS) is 14.9. The van der Waals surface area contributed by atoms with Crippen LogP contribution < -0.4 is 10.4 Å². The van der Waals surface area contributed by atoms with Crippen molar-refractivity contribution in [2.45, 2.75) is 6.42 Å². The highest BCUT2D eigenvalue weighted by molar-refractivity contribution is 6.19. The Hall–Kier alpha value is -2.86. The molecule has 106 valence electrons. The van der Waals surface area contributed by atoms with Crippen LogP contribution in [0.2, 0.25) is 0 Å². The summed E-state index contributed by atoms with van der Waals surface area (Å²) in [4.78, 5) is 0. The molecule has 0 saturated carbocycles. The highest BCUT2D eigenvalue weighted by Crippen LogP contribution is 2.33. The first-order valence-corrected chi connectivity index (χ1v) is 8.19. The number of benzene rings is 4.